The molecule has 9 rings (SSSR count). The Morgan fingerprint density at radius 3 is 1.67 bits per heavy atom. The number of nitriles is 2. The van der Waals surface area contributed by atoms with Gasteiger partial charge >= 0.3 is 0 Å². The van der Waals surface area contributed by atoms with Crippen LogP contribution in [0.2, 0.25) is 0 Å². The molecule has 0 radical (unpaired) electrons. The van der Waals surface area contributed by atoms with Crippen LogP contribution >= 0.6 is 0 Å². The van der Waals surface area contributed by atoms with Gasteiger partial charge in [-0.3, -0.25) is 0 Å². The summed E-state index contributed by atoms with van der Waals surface area (Å²) in [5.41, 5.74) is 11.6. The topological polar surface area (TPSA) is 57.4 Å². The highest BCUT2D eigenvalue weighted by Crippen LogP contribution is 2.38. The highest BCUT2D eigenvalue weighted by atomic mass is 15.0. The molecule has 222 valence electrons. The van der Waals surface area contributed by atoms with Gasteiger partial charge in [0.1, 0.15) is 0 Å². The fourth-order valence-electron chi connectivity index (χ4n) is 7.29. The van der Waals surface area contributed by atoms with E-state index in [1.807, 2.05) is 30.3 Å². The van der Waals surface area contributed by atoms with Crippen LogP contribution in [0.15, 0.2) is 158 Å². The number of aromatic nitrogens is 2. The molecule has 0 bridgehead atoms. The quantitative estimate of drug-likeness (QED) is 0.199. The molecule has 2 heterocycles. The molecular weight excluding hydrogens is 585 g/mol. The zero-order chi connectivity index (χ0) is 32.2. The molecule has 0 aliphatic heterocycles. The van der Waals surface area contributed by atoms with Crippen LogP contribution < -0.4 is 0 Å². The van der Waals surface area contributed by atoms with E-state index in [1.165, 1.54) is 10.8 Å². The molecule has 0 unspecified atom stereocenters. The van der Waals surface area contributed by atoms with Crippen molar-refractivity contribution in [3.8, 4) is 45.8 Å². The van der Waals surface area contributed by atoms with Crippen molar-refractivity contribution in [1.82, 2.24) is 9.13 Å². The Balaban J connectivity index is 1.19. The highest BCUT2D eigenvalue weighted by molar-refractivity contribution is 6.11. The van der Waals surface area contributed by atoms with Gasteiger partial charge in [-0.05, 0) is 77.4 Å². The summed E-state index contributed by atoms with van der Waals surface area (Å²) >= 11 is 0. The second-order valence-electron chi connectivity index (χ2n) is 12.0. The van der Waals surface area contributed by atoms with Gasteiger partial charge in [-0.25, -0.2) is 0 Å². The van der Waals surface area contributed by atoms with Gasteiger partial charge in [0.25, 0.3) is 0 Å². The second-order valence-corrected chi connectivity index (χ2v) is 12.0. The maximum atomic E-state index is 10.4. The average Bonchev–Trinajstić information content (AvgIpc) is 3.67. The molecule has 48 heavy (non-hydrogen) atoms. The maximum absolute atomic E-state index is 10.4. The van der Waals surface area contributed by atoms with E-state index in [0.29, 0.717) is 11.1 Å². The number of nitrogens with zero attached hydrogens (tertiary/aromatic N) is 4. The maximum Gasteiger partial charge on any atom is 0.0998 e. The summed E-state index contributed by atoms with van der Waals surface area (Å²) in [5, 5.41) is 24.6. The molecule has 0 aliphatic carbocycles. The molecule has 0 amide bonds. The SMILES string of the molecule is N#Cc1ccc2c(c1)c1ccccc1n2-c1ccccc1-c1cccc(-c2ccc(-n3c4ccccc4c4ccccc43)cc2C#N)c1. The molecule has 4 nitrogen and oxygen atoms in total. The van der Waals surface area contributed by atoms with Gasteiger partial charge in [0.05, 0.1) is 51.0 Å². The first-order valence-corrected chi connectivity index (χ1v) is 15.9. The Hall–Kier alpha value is -6.88. The molecule has 0 N–H and O–H groups in total. The van der Waals surface area contributed by atoms with Crippen molar-refractivity contribution in [3.63, 3.8) is 0 Å². The molecule has 0 atom stereocenters. The summed E-state index contributed by atoms with van der Waals surface area (Å²) in [6.07, 6.45) is 0. The molecule has 2 aromatic heterocycles. The van der Waals surface area contributed by atoms with Crippen LogP contribution in [0, 0.1) is 22.7 Å². The number of rotatable bonds is 4. The number of fused-ring (bicyclic) bond motifs is 6. The van der Waals surface area contributed by atoms with Crippen molar-refractivity contribution >= 4 is 43.6 Å². The lowest BCUT2D eigenvalue weighted by Crippen LogP contribution is -1.98. The third kappa shape index (κ3) is 4.14. The van der Waals surface area contributed by atoms with E-state index >= 15 is 0 Å². The van der Waals surface area contributed by atoms with E-state index in [2.05, 4.69) is 149 Å². The van der Waals surface area contributed by atoms with Crippen molar-refractivity contribution in [1.29, 1.82) is 10.5 Å². The first-order chi connectivity index (χ1) is 23.7. The second kappa shape index (κ2) is 10.9. The summed E-state index contributed by atoms with van der Waals surface area (Å²) in [6, 6.07) is 58.9. The molecule has 7 aromatic carbocycles. The minimum absolute atomic E-state index is 0.621. The lowest BCUT2D eigenvalue weighted by molar-refractivity contribution is 1.18. The Kier molecular flexibility index (Phi) is 6.22. The van der Waals surface area contributed by atoms with E-state index in [9.17, 15) is 10.5 Å². The smallest absolute Gasteiger partial charge is 0.0998 e. The fraction of sp³-hybridized carbons (Fsp3) is 0. The van der Waals surface area contributed by atoms with Gasteiger partial charge < -0.3 is 9.13 Å². The summed E-state index contributed by atoms with van der Waals surface area (Å²) in [7, 11) is 0. The van der Waals surface area contributed by atoms with Crippen LogP contribution in [-0.4, -0.2) is 9.13 Å². The van der Waals surface area contributed by atoms with Crippen molar-refractivity contribution in [2.75, 3.05) is 0 Å². The Bertz CT molecular complexity index is 2760. The minimum Gasteiger partial charge on any atom is -0.309 e. The third-order valence-electron chi connectivity index (χ3n) is 9.39. The van der Waals surface area contributed by atoms with Gasteiger partial charge in [0, 0.05) is 32.8 Å². The standard InChI is InChI=1S/C44H26N4/c45-27-29-20-23-44-39(24-29)38-15-4-8-19-43(38)48(44)40-16-5-1-12-35(40)31-11-9-10-30(25-31)34-22-21-33(26-32(34)28-46)47-41-17-6-2-13-36(41)37-14-3-7-18-42(37)47/h1-26H. The molecule has 0 fully saturated rings. The normalized spacial score (nSPS) is 11.3. The van der Waals surface area contributed by atoms with Crippen LogP contribution in [0.4, 0.5) is 0 Å². The van der Waals surface area contributed by atoms with Crippen LogP contribution in [0.3, 0.4) is 0 Å². The molecule has 0 saturated carbocycles. The number of benzene rings is 7. The Morgan fingerprint density at radius 2 is 0.979 bits per heavy atom. The first-order valence-electron chi connectivity index (χ1n) is 15.9. The van der Waals surface area contributed by atoms with Crippen molar-refractivity contribution in [3.05, 3.63) is 169 Å². The molecular formula is C44H26N4. The molecule has 4 heteroatoms. The largest absolute Gasteiger partial charge is 0.309 e. The van der Waals surface area contributed by atoms with Gasteiger partial charge in [0.2, 0.25) is 0 Å². The average molecular weight is 611 g/mol. The summed E-state index contributed by atoms with van der Waals surface area (Å²) in [4.78, 5) is 0. The van der Waals surface area contributed by atoms with E-state index in [4.69, 9.17) is 0 Å². The monoisotopic (exact) mass is 610 g/mol. The van der Waals surface area contributed by atoms with Crippen molar-refractivity contribution < 1.29 is 0 Å². The summed E-state index contributed by atoms with van der Waals surface area (Å²) in [5.74, 6) is 0. The fourth-order valence-corrected chi connectivity index (χ4v) is 7.29. The zero-order valence-electron chi connectivity index (χ0n) is 25.8. The van der Waals surface area contributed by atoms with Gasteiger partial charge in [-0.1, -0.05) is 97.1 Å². The van der Waals surface area contributed by atoms with Crippen LogP contribution in [-0.2, 0) is 0 Å². The number of hydrogen-bond acceptors (Lipinski definition) is 2. The van der Waals surface area contributed by atoms with E-state index in [-0.39, 0.29) is 0 Å². The summed E-state index contributed by atoms with van der Waals surface area (Å²) in [6.45, 7) is 0. The van der Waals surface area contributed by atoms with Gasteiger partial charge in [0.15, 0.2) is 0 Å². The van der Waals surface area contributed by atoms with Gasteiger partial charge in [-0.15, -0.1) is 0 Å². The van der Waals surface area contributed by atoms with Crippen molar-refractivity contribution in [2.24, 2.45) is 0 Å². The minimum atomic E-state index is 0.621. The van der Waals surface area contributed by atoms with E-state index in [0.717, 1.165) is 66.5 Å². The van der Waals surface area contributed by atoms with Crippen LogP contribution in [0.25, 0.3) is 77.2 Å². The third-order valence-corrected chi connectivity index (χ3v) is 9.39. The lowest BCUT2D eigenvalue weighted by Gasteiger charge is -2.15. The Morgan fingerprint density at radius 1 is 0.396 bits per heavy atom. The molecule has 9 aromatic rings. The Labute approximate surface area is 277 Å². The predicted molar refractivity (Wildman–Crippen MR) is 195 cm³/mol. The van der Waals surface area contributed by atoms with E-state index < -0.39 is 0 Å². The lowest BCUT2D eigenvalue weighted by atomic mass is 9.95. The molecule has 0 aliphatic rings. The molecule has 0 saturated heterocycles. The number of hydrogen-bond donors (Lipinski definition) is 0. The first kappa shape index (κ1) is 27.4. The van der Waals surface area contributed by atoms with E-state index in [1.54, 1.807) is 0 Å². The van der Waals surface area contributed by atoms with Crippen LogP contribution in [0.5, 0.6) is 0 Å². The highest BCUT2D eigenvalue weighted by Gasteiger charge is 2.17. The zero-order valence-corrected chi connectivity index (χ0v) is 25.8. The van der Waals surface area contributed by atoms with Crippen molar-refractivity contribution in [2.45, 2.75) is 0 Å². The summed E-state index contributed by atoms with van der Waals surface area (Å²) < 4.78 is 4.53. The number of para-hydroxylation sites is 4. The molecule has 0 spiro atoms. The predicted octanol–water partition coefficient (Wildman–Crippen LogP) is 11.0. The van der Waals surface area contributed by atoms with Gasteiger partial charge in [-0.2, -0.15) is 10.5 Å². The van der Waals surface area contributed by atoms with Crippen LogP contribution in [0.1, 0.15) is 11.1 Å².